The Labute approximate surface area is 161 Å². The molecule has 1 aliphatic rings. The maximum absolute atomic E-state index is 12.1. The summed E-state index contributed by atoms with van der Waals surface area (Å²) in [4.78, 5) is 31.7. The lowest BCUT2D eigenvalue weighted by atomic mass is 10.2. The van der Waals surface area contributed by atoms with Gasteiger partial charge in [-0.1, -0.05) is 13.8 Å². The minimum atomic E-state index is -3.84. The Kier molecular flexibility index (Phi) is 5.94. The average molecular weight is 435 g/mol. The molecule has 4 N–H and O–H groups in total. The molecule has 0 spiro atoms. The van der Waals surface area contributed by atoms with Gasteiger partial charge >= 0.3 is 15.2 Å². The summed E-state index contributed by atoms with van der Waals surface area (Å²) < 4.78 is 41.7. The zero-order valence-electron chi connectivity index (χ0n) is 15.6. The highest BCUT2D eigenvalue weighted by molar-refractivity contribution is 7.53. The standard InChI is InChI=1S/C14H23N5O7P2/c1-8(2)28(22,23)24-5-10-9(26-27(3,20)21)4-11(25-10)19-7-18-12-13(15)16-6-17-14(12)19/h6-11H,4-5H2,1-3H3,(H,20,21)(H,22,23)(H2,15,16,17)/t9-,10+,11+/m0/s1. The first kappa shape index (κ1) is 21.3. The van der Waals surface area contributed by atoms with Gasteiger partial charge in [0, 0.05) is 13.1 Å². The van der Waals surface area contributed by atoms with Gasteiger partial charge in [0.15, 0.2) is 11.5 Å². The van der Waals surface area contributed by atoms with E-state index in [0.717, 1.165) is 6.66 Å². The molecule has 156 valence electrons. The van der Waals surface area contributed by atoms with Gasteiger partial charge in [0.25, 0.3) is 0 Å². The fourth-order valence-electron chi connectivity index (χ4n) is 2.79. The van der Waals surface area contributed by atoms with Crippen LogP contribution in [0.4, 0.5) is 5.82 Å². The van der Waals surface area contributed by atoms with Crippen LogP contribution in [0.5, 0.6) is 0 Å². The van der Waals surface area contributed by atoms with Gasteiger partial charge in [0.05, 0.1) is 24.7 Å². The van der Waals surface area contributed by atoms with Crippen LogP contribution in [0.2, 0.25) is 0 Å². The van der Waals surface area contributed by atoms with Gasteiger partial charge in [-0.15, -0.1) is 0 Å². The highest BCUT2D eigenvalue weighted by atomic mass is 31.2. The first-order valence-electron chi connectivity index (χ1n) is 8.52. The second-order valence-corrected chi connectivity index (χ2v) is 11.1. The number of nitrogen functional groups attached to an aromatic ring is 1. The summed E-state index contributed by atoms with van der Waals surface area (Å²) >= 11 is 0. The highest BCUT2D eigenvalue weighted by Gasteiger charge is 2.42. The van der Waals surface area contributed by atoms with E-state index in [0.29, 0.717) is 11.2 Å². The Balaban J connectivity index is 1.83. The molecule has 0 aromatic carbocycles. The Morgan fingerprint density at radius 3 is 2.71 bits per heavy atom. The van der Waals surface area contributed by atoms with Crippen molar-refractivity contribution in [2.45, 2.75) is 44.4 Å². The Morgan fingerprint density at radius 2 is 2.07 bits per heavy atom. The first-order chi connectivity index (χ1) is 13.0. The zero-order valence-corrected chi connectivity index (χ0v) is 17.4. The number of hydrogen-bond donors (Lipinski definition) is 3. The normalized spacial score (nSPS) is 27.1. The van der Waals surface area contributed by atoms with Crippen LogP contribution in [-0.4, -0.2) is 60.4 Å². The number of ether oxygens (including phenoxy) is 1. The lowest BCUT2D eigenvalue weighted by Crippen LogP contribution is -2.28. The lowest BCUT2D eigenvalue weighted by Gasteiger charge is -2.22. The van der Waals surface area contributed by atoms with Gasteiger partial charge in [-0.3, -0.25) is 13.7 Å². The van der Waals surface area contributed by atoms with Crippen LogP contribution in [-0.2, 0) is 22.9 Å². The van der Waals surface area contributed by atoms with E-state index in [2.05, 4.69) is 15.0 Å². The third-order valence-corrected chi connectivity index (χ3v) is 6.77. The van der Waals surface area contributed by atoms with E-state index in [9.17, 15) is 18.9 Å². The van der Waals surface area contributed by atoms with Crippen molar-refractivity contribution in [3.8, 4) is 0 Å². The molecule has 5 atom stereocenters. The monoisotopic (exact) mass is 435 g/mol. The number of rotatable bonds is 7. The summed E-state index contributed by atoms with van der Waals surface area (Å²) in [5, 5.41) is 0. The molecule has 3 rings (SSSR count). The van der Waals surface area contributed by atoms with Crippen LogP contribution >= 0.6 is 15.2 Å². The van der Waals surface area contributed by atoms with Crippen LogP contribution < -0.4 is 5.73 Å². The van der Waals surface area contributed by atoms with E-state index in [1.54, 1.807) is 18.4 Å². The quantitative estimate of drug-likeness (QED) is 0.538. The molecule has 12 nitrogen and oxygen atoms in total. The molecule has 0 aliphatic carbocycles. The van der Waals surface area contributed by atoms with E-state index < -0.39 is 39.3 Å². The Morgan fingerprint density at radius 1 is 1.36 bits per heavy atom. The largest absolute Gasteiger partial charge is 0.382 e. The molecule has 0 radical (unpaired) electrons. The van der Waals surface area contributed by atoms with Gasteiger partial charge in [0.2, 0.25) is 0 Å². The van der Waals surface area contributed by atoms with Gasteiger partial charge in [-0.25, -0.2) is 15.0 Å². The summed E-state index contributed by atoms with van der Waals surface area (Å²) in [5.74, 6) is 0.209. The predicted molar refractivity (Wildman–Crippen MR) is 99.8 cm³/mol. The molecule has 1 fully saturated rings. The van der Waals surface area contributed by atoms with Crippen molar-refractivity contribution in [1.82, 2.24) is 19.5 Å². The number of fused-ring (bicyclic) bond motifs is 1. The molecule has 0 amide bonds. The minimum absolute atomic E-state index is 0.180. The fourth-order valence-corrected chi connectivity index (χ4v) is 4.18. The summed E-state index contributed by atoms with van der Waals surface area (Å²) in [6, 6.07) is 0. The molecule has 0 saturated carbocycles. The van der Waals surface area contributed by atoms with Crippen molar-refractivity contribution in [3.05, 3.63) is 12.7 Å². The number of aromatic nitrogens is 4. The molecule has 1 aliphatic heterocycles. The van der Waals surface area contributed by atoms with Crippen LogP contribution in [0.3, 0.4) is 0 Å². The van der Waals surface area contributed by atoms with Crippen molar-refractivity contribution in [2.24, 2.45) is 0 Å². The first-order valence-corrected chi connectivity index (χ1v) is 12.2. The number of imidazole rings is 1. The molecule has 3 heterocycles. The smallest absolute Gasteiger partial charge is 0.330 e. The lowest BCUT2D eigenvalue weighted by molar-refractivity contribution is -0.0368. The second kappa shape index (κ2) is 7.79. The van der Waals surface area contributed by atoms with Crippen LogP contribution in [0.15, 0.2) is 12.7 Å². The summed E-state index contributed by atoms with van der Waals surface area (Å²) in [6.07, 6.45) is 0.602. The van der Waals surface area contributed by atoms with Crippen molar-refractivity contribution < 1.29 is 32.7 Å². The third kappa shape index (κ3) is 4.60. The van der Waals surface area contributed by atoms with Crippen LogP contribution in [0, 0.1) is 0 Å². The Bertz CT molecular complexity index is 945. The van der Waals surface area contributed by atoms with E-state index >= 15 is 0 Å². The van der Waals surface area contributed by atoms with Crippen LogP contribution in [0.1, 0.15) is 26.5 Å². The summed E-state index contributed by atoms with van der Waals surface area (Å²) in [5.41, 5.74) is 6.01. The van der Waals surface area contributed by atoms with Gasteiger partial charge in [-0.05, 0) is 0 Å². The van der Waals surface area contributed by atoms with Gasteiger partial charge in [-0.2, -0.15) is 0 Å². The predicted octanol–water partition coefficient (Wildman–Crippen LogP) is 1.51. The van der Waals surface area contributed by atoms with Crippen LogP contribution in [0.25, 0.3) is 11.2 Å². The Hall–Kier alpha value is -1.39. The second-order valence-electron chi connectivity index (χ2n) is 6.85. The number of nitrogens with two attached hydrogens (primary N) is 1. The third-order valence-electron chi connectivity index (χ3n) is 4.29. The molecule has 2 aromatic rings. The molecular weight excluding hydrogens is 412 g/mol. The van der Waals surface area contributed by atoms with Gasteiger partial charge < -0.3 is 29.3 Å². The maximum atomic E-state index is 12.1. The van der Waals surface area contributed by atoms with Crippen molar-refractivity contribution in [3.63, 3.8) is 0 Å². The maximum Gasteiger partial charge on any atom is 0.330 e. The molecule has 2 aromatic heterocycles. The molecule has 1 saturated heterocycles. The SMILES string of the molecule is CC(C)P(=O)(O)OC[C@H]1O[C@@H](n2cnc3c(N)ncnc32)C[C@@H]1OP(C)(=O)O. The fraction of sp³-hybridized carbons (Fsp3) is 0.643. The molecule has 2 unspecified atom stereocenters. The topological polar surface area (TPSA) is 172 Å². The van der Waals surface area contributed by atoms with Crippen molar-refractivity contribution in [2.75, 3.05) is 19.0 Å². The zero-order chi connectivity index (χ0) is 20.7. The number of hydrogen-bond acceptors (Lipinski definition) is 9. The van der Waals surface area contributed by atoms with E-state index in [-0.39, 0.29) is 18.8 Å². The van der Waals surface area contributed by atoms with E-state index in [1.165, 1.54) is 12.7 Å². The average Bonchev–Trinajstić information content (AvgIpc) is 3.16. The van der Waals surface area contributed by atoms with Crippen molar-refractivity contribution in [1.29, 1.82) is 0 Å². The van der Waals surface area contributed by atoms with E-state index in [4.69, 9.17) is 19.5 Å². The molecule has 28 heavy (non-hydrogen) atoms. The minimum Gasteiger partial charge on any atom is -0.382 e. The highest BCUT2D eigenvalue weighted by Crippen LogP contribution is 2.49. The summed E-state index contributed by atoms with van der Waals surface area (Å²) in [7, 11) is -7.68. The van der Waals surface area contributed by atoms with Gasteiger partial charge in [0.1, 0.15) is 24.2 Å². The molecule has 0 bridgehead atoms. The van der Waals surface area contributed by atoms with E-state index in [1.807, 2.05) is 0 Å². The van der Waals surface area contributed by atoms with Crippen molar-refractivity contribution >= 4 is 32.2 Å². The molecule has 14 heteroatoms. The number of anilines is 1. The number of nitrogens with zero attached hydrogens (tertiary/aromatic N) is 4. The summed E-state index contributed by atoms with van der Waals surface area (Å²) in [6.45, 7) is 3.90. The molecular formula is C14H23N5O7P2.